The molecule has 39 heavy (non-hydrogen) atoms. The van der Waals surface area contributed by atoms with Crippen molar-refractivity contribution in [3.63, 3.8) is 0 Å². The third-order valence-corrected chi connectivity index (χ3v) is 6.58. The van der Waals surface area contributed by atoms with Gasteiger partial charge in [-0.1, -0.05) is 17.7 Å². The van der Waals surface area contributed by atoms with Crippen LogP contribution in [-0.4, -0.2) is 42.1 Å². The molecule has 3 N–H and O–H groups in total. The van der Waals surface area contributed by atoms with Crippen LogP contribution in [0.2, 0.25) is 0 Å². The molecule has 0 bridgehead atoms. The summed E-state index contributed by atoms with van der Waals surface area (Å²) in [7, 11) is 0. The van der Waals surface area contributed by atoms with Crippen molar-refractivity contribution in [3.8, 4) is 17.2 Å². The Morgan fingerprint density at radius 2 is 1.38 bits per heavy atom. The standard InChI is InChI=1S/C30H31FN2O6/c1-19-2-8-22(9-3-19)38-23-10-4-20(5-11-23)28(34)32-16-17-33-29(35)26-15-14-25(18-27(26)31)39-24-12-6-21(7-13-24)30(36)37/h2-5,8-11,14-15,18,21,24H,6-7,12-13,16-17H2,1H3,(H,32,34)(H,33,35)(H,36,37). The molecule has 3 aromatic rings. The number of hydrogen-bond acceptors (Lipinski definition) is 5. The van der Waals surface area contributed by atoms with E-state index in [1.807, 2.05) is 31.2 Å². The quantitative estimate of drug-likeness (QED) is 0.312. The van der Waals surface area contributed by atoms with Gasteiger partial charge < -0.3 is 25.2 Å². The normalized spacial score (nSPS) is 16.7. The molecular weight excluding hydrogens is 503 g/mol. The molecule has 0 unspecified atom stereocenters. The zero-order valence-electron chi connectivity index (χ0n) is 21.6. The summed E-state index contributed by atoms with van der Waals surface area (Å²) in [5.41, 5.74) is 1.44. The Bertz CT molecular complexity index is 1300. The number of carbonyl (C=O) groups is 3. The zero-order chi connectivity index (χ0) is 27.8. The summed E-state index contributed by atoms with van der Waals surface area (Å²) in [6.45, 7) is 2.27. The number of carboxylic acids is 1. The van der Waals surface area contributed by atoms with Gasteiger partial charge in [0.15, 0.2) is 0 Å². The third kappa shape index (κ3) is 7.80. The van der Waals surface area contributed by atoms with Crippen LogP contribution < -0.4 is 20.1 Å². The minimum Gasteiger partial charge on any atom is -0.490 e. The van der Waals surface area contributed by atoms with Crippen LogP contribution >= 0.6 is 0 Å². The molecule has 1 fully saturated rings. The van der Waals surface area contributed by atoms with Crippen molar-refractivity contribution < 1.29 is 33.4 Å². The smallest absolute Gasteiger partial charge is 0.306 e. The number of benzene rings is 3. The molecule has 4 rings (SSSR count). The van der Waals surface area contributed by atoms with Crippen LogP contribution in [0.15, 0.2) is 66.7 Å². The lowest BCUT2D eigenvalue weighted by molar-refractivity contribution is -0.143. The molecule has 2 amide bonds. The van der Waals surface area contributed by atoms with Gasteiger partial charge in [-0.25, -0.2) is 4.39 Å². The number of ether oxygens (including phenoxy) is 2. The minimum atomic E-state index is -0.798. The number of halogens is 1. The highest BCUT2D eigenvalue weighted by atomic mass is 19.1. The average molecular weight is 535 g/mol. The van der Waals surface area contributed by atoms with Gasteiger partial charge >= 0.3 is 5.97 Å². The van der Waals surface area contributed by atoms with Crippen LogP contribution in [-0.2, 0) is 4.79 Å². The number of carbonyl (C=O) groups excluding carboxylic acids is 2. The highest BCUT2D eigenvalue weighted by molar-refractivity contribution is 5.95. The molecule has 8 nitrogen and oxygen atoms in total. The first kappa shape index (κ1) is 27.6. The Labute approximate surface area is 226 Å². The van der Waals surface area contributed by atoms with Crippen molar-refractivity contribution in [2.24, 2.45) is 5.92 Å². The van der Waals surface area contributed by atoms with E-state index in [0.29, 0.717) is 48.5 Å². The van der Waals surface area contributed by atoms with Gasteiger partial charge in [-0.2, -0.15) is 0 Å². The lowest BCUT2D eigenvalue weighted by atomic mass is 9.87. The maximum atomic E-state index is 14.6. The van der Waals surface area contributed by atoms with Gasteiger partial charge in [0.05, 0.1) is 17.6 Å². The first-order chi connectivity index (χ1) is 18.8. The highest BCUT2D eigenvalue weighted by Crippen LogP contribution is 2.28. The Hall–Kier alpha value is -4.40. The number of amides is 2. The van der Waals surface area contributed by atoms with Crippen LogP contribution in [0, 0.1) is 18.7 Å². The van der Waals surface area contributed by atoms with Gasteiger partial charge in [-0.15, -0.1) is 0 Å². The molecule has 3 aromatic carbocycles. The van der Waals surface area contributed by atoms with Crippen molar-refractivity contribution in [2.75, 3.05) is 13.1 Å². The van der Waals surface area contributed by atoms with Crippen LogP contribution in [0.3, 0.4) is 0 Å². The van der Waals surface area contributed by atoms with Crippen LogP contribution in [0.5, 0.6) is 17.2 Å². The second kappa shape index (κ2) is 12.9. The van der Waals surface area contributed by atoms with E-state index in [1.54, 1.807) is 24.3 Å². The fraction of sp³-hybridized carbons (Fsp3) is 0.300. The van der Waals surface area contributed by atoms with Crippen molar-refractivity contribution in [1.29, 1.82) is 0 Å². The molecule has 9 heteroatoms. The van der Waals surface area contributed by atoms with E-state index < -0.39 is 17.7 Å². The largest absolute Gasteiger partial charge is 0.490 e. The molecule has 0 heterocycles. The Kier molecular flexibility index (Phi) is 9.14. The topological polar surface area (TPSA) is 114 Å². The van der Waals surface area contributed by atoms with E-state index in [9.17, 15) is 18.8 Å². The Balaban J connectivity index is 1.19. The fourth-order valence-electron chi connectivity index (χ4n) is 4.34. The maximum Gasteiger partial charge on any atom is 0.306 e. The second-order valence-electron chi connectivity index (χ2n) is 9.52. The summed E-state index contributed by atoms with van der Waals surface area (Å²) in [4.78, 5) is 35.9. The molecule has 0 saturated heterocycles. The lowest BCUT2D eigenvalue weighted by Gasteiger charge is -2.26. The summed E-state index contributed by atoms with van der Waals surface area (Å²) < 4.78 is 26.1. The Morgan fingerprint density at radius 1 is 0.821 bits per heavy atom. The molecule has 0 aliphatic heterocycles. The van der Waals surface area contributed by atoms with Crippen molar-refractivity contribution in [1.82, 2.24) is 10.6 Å². The number of nitrogens with one attached hydrogen (secondary N) is 2. The molecule has 1 aliphatic rings. The molecule has 0 spiro atoms. The van der Waals surface area contributed by atoms with E-state index in [-0.39, 0.29) is 36.6 Å². The van der Waals surface area contributed by atoms with Gasteiger partial charge in [0.1, 0.15) is 23.1 Å². The van der Waals surface area contributed by atoms with E-state index in [0.717, 1.165) is 11.6 Å². The van der Waals surface area contributed by atoms with E-state index in [2.05, 4.69) is 10.6 Å². The Morgan fingerprint density at radius 3 is 1.97 bits per heavy atom. The number of aliphatic carboxylic acids is 1. The number of aryl methyl sites for hydroxylation is 1. The maximum absolute atomic E-state index is 14.6. The summed E-state index contributed by atoms with van der Waals surface area (Å²) in [5.74, 6) is -1.19. The van der Waals surface area contributed by atoms with Crippen molar-refractivity contribution in [2.45, 2.75) is 38.7 Å². The van der Waals surface area contributed by atoms with E-state index >= 15 is 0 Å². The van der Waals surface area contributed by atoms with Crippen molar-refractivity contribution in [3.05, 3.63) is 89.2 Å². The van der Waals surface area contributed by atoms with Gasteiger partial charge in [0.25, 0.3) is 11.8 Å². The molecule has 0 aromatic heterocycles. The molecule has 1 saturated carbocycles. The van der Waals surface area contributed by atoms with Crippen LogP contribution in [0.25, 0.3) is 0 Å². The van der Waals surface area contributed by atoms with Crippen molar-refractivity contribution >= 4 is 17.8 Å². The predicted octanol–water partition coefficient (Wildman–Crippen LogP) is 5.11. The second-order valence-corrected chi connectivity index (χ2v) is 9.52. The van der Waals surface area contributed by atoms with Gasteiger partial charge in [0.2, 0.25) is 0 Å². The third-order valence-electron chi connectivity index (χ3n) is 6.58. The summed E-state index contributed by atoms with van der Waals surface area (Å²) in [5, 5.41) is 14.4. The van der Waals surface area contributed by atoms with E-state index in [4.69, 9.17) is 14.6 Å². The lowest BCUT2D eigenvalue weighted by Crippen LogP contribution is -2.35. The number of rotatable bonds is 10. The first-order valence-electron chi connectivity index (χ1n) is 12.9. The van der Waals surface area contributed by atoms with Gasteiger partial charge in [-0.05, 0) is 81.1 Å². The molecule has 0 atom stereocenters. The zero-order valence-corrected chi connectivity index (χ0v) is 21.6. The summed E-state index contributed by atoms with van der Waals surface area (Å²) in [6.07, 6.45) is 2.02. The predicted molar refractivity (Wildman–Crippen MR) is 143 cm³/mol. The minimum absolute atomic E-state index is 0.115. The molecule has 1 aliphatic carbocycles. The average Bonchev–Trinajstić information content (AvgIpc) is 2.93. The van der Waals surface area contributed by atoms with Crippen LogP contribution in [0.1, 0.15) is 52.0 Å². The SMILES string of the molecule is Cc1ccc(Oc2ccc(C(=O)NCCNC(=O)c3ccc(OC4CCC(C(=O)O)CC4)cc3F)cc2)cc1. The van der Waals surface area contributed by atoms with Crippen LogP contribution in [0.4, 0.5) is 4.39 Å². The first-order valence-corrected chi connectivity index (χ1v) is 12.9. The van der Waals surface area contributed by atoms with Gasteiger partial charge in [0, 0.05) is 24.7 Å². The fourth-order valence-corrected chi connectivity index (χ4v) is 4.34. The number of carboxylic acid groups (broad SMARTS) is 1. The number of hydrogen-bond donors (Lipinski definition) is 3. The van der Waals surface area contributed by atoms with Gasteiger partial charge in [-0.3, -0.25) is 14.4 Å². The monoisotopic (exact) mass is 534 g/mol. The highest BCUT2D eigenvalue weighted by Gasteiger charge is 2.27. The molecular formula is C30H31FN2O6. The molecule has 0 radical (unpaired) electrons. The van der Waals surface area contributed by atoms with E-state index in [1.165, 1.54) is 12.1 Å². The summed E-state index contributed by atoms with van der Waals surface area (Å²) in [6, 6.07) is 18.4. The molecule has 204 valence electrons. The summed E-state index contributed by atoms with van der Waals surface area (Å²) >= 11 is 0.